The molecular formula is C26H33N3O5. The number of likely N-dealkylation sites (tertiary alicyclic amines) is 1. The number of hydrogen-bond donors (Lipinski definition) is 1. The fourth-order valence-corrected chi connectivity index (χ4v) is 3.71. The maximum absolute atomic E-state index is 12.5. The highest BCUT2D eigenvalue weighted by Crippen LogP contribution is 2.28. The van der Waals surface area contributed by atoms with Crippen LogP contribution in [0, 0.1) is 0 Å². The maximum atomic E-state index is 12.5. The van der Waals surface area contributed by atoms with Crippen molar-refractivity contribution in [2.45, 2.75) is 51.7 Å². The van der Waals surface area contributed by atoms with E-state index in [2.05, 4.69) is 5.43 Å². The molecule has 0 radical (unpaired) electrons. The number of carbonyl (C=O) groups excluding carboxylic acids is 3. The molecule has 3 amide bonds. The maximum Gasteiger partial charge on any atom is 0.428 e. The van der Waals surface area contributed by atoms with Crippen molar-refractivity contribution in [1.82, 2.24) is 15.3 Å². The molecule has 8 nitrogen and oxygen atoms in total. The molecule has 34 heavy (non-hydrogen) atoms. The van der Waals surface area contributed by atoms with Crippen molar-refractivity contribution in [3.63, 3.8) is 0 Å². The molecular weight excluding hydrogens is 434 g/mol. The molecule has 3 rings (SSSR count). The van der Waals surface area contributed by atoms with Gasteiger partial charge in [0.1, 0.15) is 12.2 Å². The highest BCUT2D eigenvalue weighted by Gasteiger charge is 2.25. The molecule has 0 aromatic heterocycles. The monoisotopic (exact) mass is 467 g/mol. The van der Waals surface area contributed by atoms with Gasteiger partial charge in [-0.05, 0) is 62.8 Å². The predicted molar refractivity (Wildman–Crippen MR) is 128 cm³/mol. The molecule has 182 valence electrons. The molecule has 1 aliphatic heterocycles. The van der Waals surface area contributed by atoms with Gasteiger partial charge < -0.3 is 14.4 Å². The van der Waals surface area contributed by atoms with E-state index in [4.69, 9.17) is 9.47 Å². The summed E-state index contributed by atoms with van der Waals surface area (Å²) >= 11 is 0. The molecule has 1 aliphatic rings. The Morgan fingerprint density at radius 2 is 1.62 bits per heavy atom. The van der Waals surface area contributed by atoms with E-state index in [1.54, 1.807) is 37.8 Å². The normalized spacial score (nSPS) is 14.3. The van der Waals surface area contributed by atoms with Crippen molar-refractivity contribution in [3.8, 4) is 0 Å². The van der Waals surface area contributed by atoms with Crippen LogP contribution in [-0.4, -0.2) is 53.7 Å². The summed E-state index contributed by atoms with van der Waals surface area (Å²) in [7, 11) is 1.44. The summed E-state index contributed by atoms with van der Waals surface area (Å²) in [5.74, 6) is -0.0874. The van der Waals surface area contributed by atoms with Gasteiger partial charge in [0, 0.05) is 25.7 Å². The van der Waals surface area contributed by atoms with Crippen LogP contribution in [-0.2, 0) is 16.1 Å². The van der Waals surface area contributed by atoms with Gasteiger partial charge in [0.25, 0.3) is 5.91 Å². The smallest absolute Gasteiger partial charge is 0.428 e. The largest absolute Gasteiger partial charge is 0.445 e. The van der Waals surface area contributed by atoms with Crippen molar-refractivity contribution in [3.05, 3.63) is 71.3 Å². The van der Waals surface area contributed by atoms with Crippen LogP contribution in [0.25, 0.3) is 0 Å². The molecule has 0 unspecified atom stereocenters. The topological polar surface area (TPSA) is 88.2 Å². The molecule has 2 aromatic carbocycles. The molecule has 0 aliphatic carbocycles. The van der Waals surface area contributed by atoms with Crippen LogP contribution in [0.15, 0.2) is 54.6 Å². The zero-order valence-electron chi connectivity index (χ0n) is 20.2. The minimum Gasteiger partial charge on any atom is -0.445 e. The Balaban J connectivity index is 1.46. The van der Waals surface area contributed by atoms with Gasteiger partial charge in [0.15, 0.2) is 0 Å². The summed E-state index contributed by atoms with van der Waals surface area (Å²) in [5.41, 5.74) is 4.40. The van der Waals surface area contributed by atoms with E-state index in [0.29, 0.717) is 24.6 Å². The van der Waals surface area contributed by atoms with Crippen molar-refractivity contribution in [1.29, 1.82) is 0 Å². The third-order valence-corrected chi connectivity index (χ3v) is 5.54. The molecule has 2 aromatic rings. The summed E-state index contributed by atoms with van der Waals surface area (Å²) < 4.78 is 10.7. The van der Waals surface area contributed by atoms with E-state index in [-0.39, 0.29) is 12.7 Å². The van der Waals surface area contributed by atoms with E-state index in [9.17, 15) is 14.4 Å². The van der Waals surface area contributed by atoms with E-state index < -0.39 is 17.6 Å². The average Bonchev–Trinajstić information content (AvgIpc) is 2.82. The number of piperidine rings is 1. The number of nitrogens with one attached hydrogen (secondary N) is 1. The molecule has 1 heterocycles. The van der Waals surface area contributed by atoms with E-state index in [1.165, 1.54) is 7.05 Å². The second kappa shape index (κ2) is 11.0. The summed E-state index contributed by atoms with van der Waals surface area (Å²) in [6, 6.07) is 17.0. The first-order valence-corrected chi connectivity index (χ1v) is 11.5. The summed E-state index contributed by atoms with van der Waals surface area (Å²) in [6.07, 6.45) is 0.732. The fourth-order valence-electron chi connectivity index (χ4n) is 3.71. The van der Waals surface area contributed by atoms with Gasteiger partial charge in [0.2, 0.25) is 0 Å². The summed E-state index contributed by atoms with van der Waals surface area (Å²) in [6.45, 7) is 6.81. The van der Waals surface area contributed by atoms with Crippen molar-refractivity contribution in [2.24, 2.45) is 0 Å². The van der Waals surface area contributed by atoms with Crippen molar-refractivity contribution < 1.29 is 23.9 Å². The summed E-state index contributed by atoms with van der Waals surface area (Å²) in [5, 5.41) is 1.04. The Labute approximate surface area is 200 Å². The summed E-state index contributed by atoms with van der Waals surface area (Å²) in [4.78, 5) is 38.6. The van der Waals surface area contributed by atoms with Crippen LogP contribution in [0.2, 0.25) is 0 Å². The number of carbonyl (C=O) groups is 3. The quantitative estimate of drug-likeness (QED) is 0.658. The van der Waals surface area contributed by atoms with E-state index in [0.717, 1.165) is 29.0 Å². The first kappa shape index (κ1) is 25.1. The molecule has 1 saturated heterocycles. The van der Waals surface area contributed by atoms with Gasteiger partial charge in [-0.25, -0.2) is 14.6 Å². The SMILES string of the molecule is CN(NC(=O)c1ccc(C2CCN(C(=O)OCc3ccccc3)CC2)cc1)C(=O)OC(C)(C)C. The Bertz CT molecular complexity index is 978. The number of benzene rings is 2. The average molecular weight is 468 g/mol. The fraction of sp³-hybridized carbons (Fsp3) is 0.423. The lowest BCUT2D eigenvalue weighted by molar-refractivity contribution is 0.0195. The molecule has 0 bridgehead atoms. The minimum absolute atomic E-state index is 0.270. The van der Waals surface area contributed by atoms with E-state index in [1.807, 2.05) is 42.5 Å². The predicted octanol–water partition coefficient (Wildman–Crippen LogP) is 4.71. The third-order valence-electron chi connectivity index (χ3n) is 5.54. The molecule has 0 saturated carbocycles. The van der Waals surface area contributed by atoms with Crippen molar-refractivity contribution >= 4 is 18.1 Å². The van der Waals surface area contributed by atoms with Gasteiger partial charge in [-0.1, -0.05) is 42.5 Å². The molecule has 8 heteroatoms. The number of hydrazine groups is 1. The van der Waals surface area contributed by atoms with Crippen LogP contribution in [0.1, 0.15) is 61.0 Å². The number of amides is 3. The van der Waals surface area contributed by atoms with E-state index >= 15 is 0 Å². The highest BCUT2D eigenvalue weighted by molar-refractivity contribution is 5.94. The molecule has 0 spiro atoms. The standard InChI is InChI=1S/C26H33N3O5/c1-26(2,3)34-24(31)28(4)27-23(30)22-12-10-20(11-13-22)21-14-16-29(17-15-21)25(32)33-18-19-8-6-5-7-9-19/h5-13,21H,14-18H2,1-4H3,(H,27,30). The second-order valence-electron chi connectivity index (χ2n) is 9.40. The Morgan fingerprint density at radius 3 is 2.21 bits per heavy atom. The second-order valence-corrected chi connectivity index (χ2v) is 9.40. The lowest BCUT2D eigenvalue weighted by Crippen LogP contribution is -2.45. The van der Waals surface area contributed by atoms with Crippen LogP contribution in [0.3, 0.4) is 0 Å². The number of hydrogen-bond acceptors (Lipinski definition) is 5. The van der Waals surface area contributed by atoms with Crippen LogP contribution >= 0.6 is 0 Å². The molecule has 0 atom stereocenters. The van der Waals surface area contributed by atoms with Crippen LogP contribution in [0.5, 0.6) is 0 Å². The lowest BCUT2D eigenvalue weighted by atomic mass is 9.89. The zero-order valence-corrected chi connectivity index (χ0v) is 20.2. The Morgan fingerprint density at radius 1 is 1.00 bits per heavy atom. The lowest BCUT2D eigenvalue weighted by Gasteiger charge is -2.31. The van der Waals surface area contributed by atoms with Gasteiger partial charge in [-0.15, -0.1) is 0 Å². The first-order valence-electron chi connectivity index (χ1n) is 11.5. The number of nitrogens with zero attached hydrogens (tertiary/aromatic N) is 2. The molecule has 1 fully saturated rings. The molecule has 1 N–H and O–H groups in total. The minimum atomic E-state index is -0.647. The Kier molecular flexibility index (Phi) is 8.15. The van der Waals surface area contributed by atoms with Gasteiger partial charge in [0.05, 0.1) is 0 Å². The van der Waals surface area contributed by atoms with Gasteiger partial charge in [-0.2, -0.15) is 0 Å². The van der Waals surface area contributed by atoms with Crippen LogP contribution in [0.4, 0.5) is 9.59 Å². The number of ether oxygens (including phenoxy) is 2. The van der Waals surface area contributed by atoms with Crippen molar-refractivity contribution in [2.75, 3.05) is 20.1 Å². The Hall–Kier alpha value is -3.55. The highest BCUT2D eigenvalue weighted by atomic mass is 16.6. The number of rotatable bonds is 4. The first-order chi connectivity index (χ1) is 16.1. The zero-order chi connectivity index (χ0) is 24.7. The van der Waals surface area contributed by atoms with Gasteiger partial charge in [-0.3, -0.25) is 10.2 Å². The van der Waals surface area contributed by atoms with Crippen LogP contribution < -0.4 is 5.43 Å². The third kappa shape index (κ3) is 7.23. The van der Waals surface area contributed by atoms with Gasteiger partial charge >= 0.3 is 12.2 Å².